The Morgan fingerprint density at radius 3 is 2.82 bits per heavy atom. The number of aromatic nitrogens is 1. The number of pyridine rings is 1. The van der Waals surface area contributed by atoms with Crippen LogP contribution in [0.25, 0.3) is 0 Å². The van der Waals surface area contributed by atoms with Crippen LogP contribution in [0.1, 0.15) is 16.2 Å². The van der Waals surface area contributed by atoms with Gasteiger partial charge in [-0.15, -0.1) is 0 Å². The minimum atomic E-state index is -0.575. The van der Waals surface area contributed by atoms with Crippen LogP contribution in [-0.4, -0.2) is 17.1 Å². The van der Waals surface area contributed by atoms with Crippen LogP contribution >= 0.6 is 0 Å². The maximum Gasteiger partial charge on any atom is 0.243 e. The summed E-state index contributed by atoms with van der Waals surface area (Å²) in [7, 11) is 0. The number of hydrogen-bond donors (Lipinski definition) is 0. The van der Waals surface area contributed by atoms with Gasteiger partial charge in [0.15, 0.2) is 6.29 Å². The summed E-state index contributed by atoms with van der Waals surface area (Å²) < 4.78 is 0. The lowest BCUT2D eigenvalue weighted by atomic mass is 10.2. The van der Waals surface area contributed by atoms with Crippen molar-refractivity contribution in [2.75, 3.05) is 0 Å². The third kappa shape index (κ3) is 1.70. The van der Waals surface area contributed by atoms with Crippen molar-refractivity contribution >= 4 is 12.1 Å². The predicted molar refractivity (Wildman–Crippen MR) is 39.4 cm³/mol. The Morgan fingerprint density at radius 1 is 1.55 bits per heavy atom. The topological polar surface area (TPSA) is 47.0 Å². The number of rotatable bonds is 2. The number of carbonyl (C=O) groups excluding carboxylic acids is 2. The van der Waals surface area contributed by atoms with Crippen LogP contribution in [0.4, 0.5) is 0 Å². The Balaban J connectivity index is 3.05. The maximum absolute atomic E-state index is 10.7. The molecule has 1 aromatic rings. The van der Waals surface area contributed by atoms with E-state index in [-0.39, 0.29) is 12.0 Å². The summed E-state index contributed by atoms with van der Waals surface area (Å²) in [6.45, 7) is 1.77. The van der Waals surface area contributed by atoms with Gasteiger partial charge in [-0.05, 0) is 19.1 Å². The minimum absolute atomic E-state index is 0.208. The van der Waals surface area contributed by atoms with Crippen molar-refractivity contribution in [3.8, 4) is 0 Å². The molecule has 0 aromatic carbocycles. The number of carbonyl (C=O) groups is 2. The summed E-state index contributed by atoms with van der Waals surface area (Å²) >= 11 is 0. The van der Waals surface area contributed by atoms with Gasteiger partial charge in [-0.1, -0.05) is 6.07 Å². The molecule has 0 saturated heterocycles. The van der Waals surface area contributed by atoms with E-state index >= 15 is 0 Å². The molecule has 3 nitrogen and oxygen atoms in total. The van der Waals surface area contributed by atoms with Gasteiger partial charge in [0, 0.05) is 5.69 Å². The van der Waals surface area contributed by atoms with Gasteiger partial charge in [-0.3, -0.25) is 9.59 Å². The van der Waals surface area contributed by atoms with E-state index in [1.807, 2.05) is 0 Å². The van der Waals surface area contributed by atoms with Crippen molar-refractivity contribution in [1.29, 1.82) is 0 Å². The average molecular weight is 149 g/mol. The van der Waals surface area contributed by atoms with E-state index in [0.717, 1.165) is 5.69 Å². The van der Waals surface area contributed by atoms with E-state index in [1.54, 1.807) is 19.1 Å². The second-order valence-electron chi connectivity index (χ2n) is 2.15. The molecular formula is C8H7NO2. The van der Waals surface area contributed by atoms with Gasteiger partial charge in [0.05, 0.1) is 0 Å². The van der Waals surface area contributed by atoms with E-state index in [2.05, 4.69) is 4.98 Å². The third-order valence-electron chi connectivity index (χ3n) is 1.25. The molecule has 0 unspecified atom stereocenters. The first-order valence-corrected chi connectivity index (χ1v) is 3.17. The zero-order valence-electron chi connectivity index (χ0n) is 6.07. The molecule has 1 aromatic heterocycles. The van der Waals surface area contributed by atoms with Gasteiger partial charge in [-0.25, -0.2) is 4.98 Å². The Morgan fingerprint density at radius 2 is 2.27 bits per heavy atom. The second-order valence-corrected chi connectivity index (χ2v) is 2.15. The number of aldehydes is 1. The number of nitrogens with zero attached hydrogens (tertiary/aromatic N) is 1. The summed E-state index contributed by atoms with van der Waals surface area (Å²) in [5.41, 5.74) is 0.942. The van der Waals surface area contributed by atoms with Gasteiger partial charge in [-0.2, -0.15) is 0 Å². The first-order chi connectivity index (χ1) is 5.24. The molecule has 1 heterocycles. The van der Waals surface area contributed by atoms with E-state index in [0.29, 0.717) is 0 Å². The lowest BCUT2D eigenvalue weighted by Crippen LogP contribution is -2.03. The quantitative estimate of drug-likeness (QED) is 0.354. The maximum atomic E-state index is 10.7. The van der Waals surface area contributed by atoms with Crippen LogP contribution < -0.4 is 0 Å². The number of ketones is 1. The molecule has 0 aliphatic carbocycles. The van der Waals surface area contributed by atoms with Crippen LogP contribution in [0.15, 0.2) is 18.2 Å². The van der Waals surface area contributed by atoms with Crippen LogP contribution in [0.2, 0.25) is 0 Å². The summed E-state index contributed by atoms with van der Waals surface area (Å²) in [6, 6.07) is 4.98. The molecule has 1 rings (SSSR count). The largest absolute Gasteiger partial charge is 0.294 e. The lowest BCUT2D eigenvalue weighted by Gasteiger charge is -1.93. The molecule has 0 aliphatic heterocycles. The molecule has 56 valence electrons. The number of aryl methyl sites for hydroxylation is 1. The zero-order valence-corrected chi connectivity index (χ0v) is 6.07. The predicted octanol–water partition coefficient (Wildman–Crippen LogP) is 0.772. The van der Waals surface area contributed by atoms with Gasteiger partial charge in [0.25, 0.3) is 0 Å². The van der Waals surface area contributed by atoms with Crippen molar-refractivity contribution in [2.24, 2.45) is 0 Å². The van der Waals surface area contributed by atoms with E-state index in [1.165, 1.54) is 6.07 Å². The Bertz CT molecular complexity index is 294. The van der Waals surface area contributed by atoms with Crippen molar-refractivity contribution in [1.82, 2.24) is 4.98 Å². The summed E-state index contributed by atoms with van der Waals surface area (Å²) in [5, 5.41) is 0. The molecule has 0 saturated carbocycles. The van der Waals surface area contributed by atoms with Gasteiger partial charge in [0.2, 0.25) is 5.78 Å². The van der Waals surface area contributed by atoms with Crippen LogP contribution in [0.5, 0.6) is 0 Å². The highest BCUT2D eigenvalue weighted by atomic mass is 16.2. The SMILES string of the molecule is Cc1cccc(C(=O)C=O)n1. The second kappa shape index (κ2) is 3.05. The van der Waals surface area contributed by atoms with Crippen LogP contribution in [0, 0.1) is 6.92 Å². The Labute approximate surface area is 64.1 Å². The molecule has 3 heteroatoms. The van der Waals surface area contributed by atoms with E-state index in [4.69, 9.17) is 0 Å². The van der Waals surface area contributed by atoms with Crippen molar-refractivity contribution in [3.05, 3.63) is 29.6 Å². The number of hydrogen-bond acceptors (Lipinski definition) is 3. The number of Topliss-reactive ketones (excluding diaryl/α,β-unsaturated/α-hetero) is 1. The fourth-order valence-electron chi connectivity index (χ4n) is 0.741. The molecule has 11 heavy (non-hydrogen) atoms. The first-order valence-electron chi connectivity index (χ1n) is 3.17. The molecular weight excluding hydrogens is 142 g/mol. The molecule has 0 bridgehead atoms. The fourth-order valence-corrected chi connectivity index (χ4v) is 0.741. The Kier molecular flexibility index (Phi) is 2.11. The van der Waals surface area contributed by atoms with Crippen molar-refractivity contribution in [3.63, 3.8) is 0 Å². The lowest BCUT2D eigenvalue weighted by molar-refractivity contribution is -0.104. The molecule has 0 spiro atoms. The highest BCUT2D eigenvalue weighted by Gasteiger charge is 2.03. The molecule has 0 aliphatic rings. The first kappa shape index (κ1) is 7.60. The fraction of sp³-hybridized carbons (Fsp3) is 0.125. The molecule has 0 N–H and O–H groups in total. The molecule has 0 fully saturated rings. The van der Waals surface area contributed by atoms with Crippen LogP contribution in [-0.2, 0) is 4.79 Å². The monoisotopic (exact) mass is 149 g/mol. The summed E-state index contributed by atoms with van der Waals surface area (Å²) in [4.78, 5) is 24.6. The third-order valence-corrected chi connectivity index (χ3v) is 1.25. The molecule has 0 radical (unpaired) electrons. The minimum Gasteiger partial charge on any atom is -0.294 e. The highest BCUT2D eigenvalue weighted by Crippen LogP contribution is 1.97. The van der Waals surface area contributed by atoms with Gasteiger partial charge >= 0.3 is 0 Å². The summed E-state index contributed by atoms with van der Waals surface area (Å²) in [5.74, 6) is -0.575. The molecule has 0 amide bonds. The summed E-state index contributed by atoms with van der Waals surface area (Å²) in [6.07, 6.45) is 0.266. The van der Waals surface area contributed by atoms with E-state index in [9.17, 15) is 9.59 Å². The van der Waals surface area contributed by atoms with E-state index < -0.39 is 5.78 Å². The highest BCUT2D eigenvalue weighted by molar-refractivity contribution is 6.32. The normalized spacial score (nSPS) is 9.18. The smallest absolute Gasteiger partial charge is 0.243 e. The van der Waals surface area contributed by atoms with Gasteiger partial charge in [0.1, 0.15) is 5.69 Å². The average Bonchev–Trinajstić information content (AvgIpc) is 2.03. The standard InChI is InChI=1S/C8H7NO2/c1-6-3-2-4-7(9-6)8(11)5-10/h2-5H,1H3. The Hall–Kier alpha value is -1.51. The van der Waals surface area contributed by atoms with Gasteiger partial charge < -0.3 is 0 Å². The van der Waals surface area contributed by atoms with Crippen molar-refractivity contribution < 1.29 is 9.59 Å². The molecule has 0 atom stereocenters. The van der Waals surface area contributed by atoms with Crippen molar-refractivity contribution in [2.45, 2.75) is 6.92 Å². The zero-order chi connectivity index (χ0) is 8.27. The van der Waals surface area contributed by atoms with Crippen LogP contribution in [0.3, 0.4) is 0 Å².